The maximum Gasteiger partial charge on any atom is 0.319 e. The van der Waals surface area contributed by atoms with Crippen LogP contribution in [0.2, 0.25) is 0 Å². The fraction of sp³-hybridized carbons (Fsp3) is 0.235. The molecule has 22 heavy (non-hydrogen) atoms. The van der Waals surface area contributed by atoms with Gasteiger partial charge in [0.1, 0.15) is 11.6 Å². The Kier molecular flexibility index (Phi) is 5.77. The second-order valence-corrected chi connectivity index (χ2v) is 4.83. The molecule has 0 saturated carbocycles. The number of hydrogen-bond acceptors (Lipinski definition) is 2. The van der Waals surface area contributed by atoms with Gasteiger partial charge in [-0.3, -0.25) is 0 Å². The third-order valence-corrected chi connectivity index (χ3v) is 3.08. The number of rotatable bonds is 6. The molecule has 0 atom stereocenters. The maximum absolute atomic E-state index is 13.4. The van der Waals surface area contributed by atoms with E-state index in [1.54, 1.807) is 12.1 Å². The molecule has 0 heterocycles. The third kappa shape index (κ3) is 4.77. The van der Waals surface area contributed by atoms with Gasteiger partial charge < -0.3 is 15.4 Å². The molecule has 2 N–H and O–H groups in total. The van der Waals surface area contributed by atoms with Crippen LogP contribution in [-0.2, 0) is 0 Å². The Morgan fingerprint density at radius 3 is 2.64 bits per heavy atom. The first-order valence-electron chi connectivity index (χ1n) is 7.14. The van der Waals surface area contributed by atoms with Crippen LogP contribution in [0.15, 0.2) is 48.5 Å². The van der Waals surface area contributed by atoms with Crippen LogP contribution in [0.1, 0.15) is 12.0 Å². The molecule has 5 heteroatoms. The van der Waals surface area contributed by atoms with Crippen LogP contribution in [0.3, 0.4) is 0 Å². The Hall–Kier alpha value is -2.56. The maximum atomic E-state index is 13.4. The average Bonchev–Trinajstić information content (AvgIpc) is 2.51. The van der Waals surface area contributed by atoms with Gasteiger partial charge in [-0.1, -0.05) is 30.3 Å². The molecule has 2 rings (SSSR count). The lowest BCUT2D eigenvalue weighted by atomic mass is 10.2. The van der Waals surface area contributed by atoms with Crippen molar-refractivity contribution in [2.75, 3.05) is 18.5 Å². The molecule has 116 valence electrons. The van der Waals surface area contributed by atoms with E-state index in [1.807, 2.05) is 31.2 Å². The number of ether oxygens (including phenoxy) is 1. The normalized spacial score (nSPS) is 10.1. The number of urea groups is 1. The van der Waals surface area contributed by atoms with E-state index in [4.69, 9.17) is 4.74 Å². The summed E-state index contributed by atoms with van der Waals surface area (Å²) >= 11 is 0. The third-order valence-electron chi connectivity index (χ3n) is 3.08. The van der Waals surface area contributed by atoms with Gasteiger partial charge in [0, 0.05) is 6.54 Å². The first-order chi connectivity index (χ1) is 10.7. The fourth-order valence-electron chi connectivity index (χ4n) is 1.90. The fourth-order valence-corrected chi connectivity index (χ4v) is 1.90. The lowest BCUT2D eigenvalue weighted by Crippen LogP contribution is -2.30. The lowest BCUT2D eigenvalue weighted by Gasteiger charge is -2.10. The van der Waals surface area contributed by atoms with Gasteiger partial charge >= 0.3 is 6.03 Å². The molecule has 2 amide bonds. The highest BCUT2D eigenvalue weighted by Gasteiger charge is 2.05. The summed E-state index contributed by atoms with van der Waals surface area (Å²) < 4.78 is 19.0. The van der Waals surface area contributed by atoms with E-state index in [0.717, 1.165) is 11.3 Å². The summed E-state index contributed by atoms with van der Waals surface area (Å²) in [5.41, 5.74) is 1.24. The predicted molar refractivity (Wildman–Crippen MR) is 84.7 cm³/mol. The molecule has 0 aliphatic rings. The Morgan fingerprint density at radius 1 is 1.14 bits per heavy atom. The van der Waals surface area contributed by atoms with Crippen LogP contribution in [-0.4, -0.2) is 19.2 Å². The molecule has 2 aromatic carbocycles. The van der Waals surface area contributed by atoms with E-state index in [1.165, 1.54) is 12.1 Å². The molecule has 0 aliphatic heterocycles. The minimum atomic E-state index is -0.458. The highest BCUT2D eigenvalue weighted by molar-refractivity contribution is 5.89. The number of aryl methyl sites for hydroxylation is 1. The van der Waals surface area contributed by atoms with Crippen molar-refractivity contribution < 1.29 is 13.9 Å². The lowest BCUT2D eigenvalue weighted by molar-refractivity contribution is 0.250. The summed E-state index contributed by atoms with van der Waals surface area (Å²) in [5, 5.41) is 5.12. The van der Waals surface area contributed by atoms with Gasteiger partial charge in [0.2, 0.25) is 0 Å². The number of anilines is 1. The molecule has 0 aromatic heterocycles. The minimum absolute atomic E-state index is 0.163. The second kappa shape index (κ2) is 8.02. The quantitative estimate of drug-likeness (QED) is 0.799. The van der Waals surface area contributed by atoms with Gasteiger partial charge in [-0.05, 0) is 37.1 Å². The number of para-hydroxylation sites is 2. The molecule has 0 aliphatic carbocycles. The minimum Gasteiger partial charge on any atom is -0.493 e. The summed E-state index contributed by atoms with van der Waals surface area (Å²) in [7, 11) is 0. The van der Waals surface area contributed by atoms with Crippen molar-refractivity contribution in [2.45, 2.75) is 13.3 Å². The van der Waals surface area contributed by atoms with E-state index in [2.05, 4.69) is 10.6 Å². The van der Waals surface area contributed by atoms with Gasteiger partial charge in [-0.2, -0.15) is 0 Å². The Balaban J connectivity index is 1.65. The Labute approximate surface area is 129 Å². The van der Waals surface area contributed by atoms with Crippen LogP contribution in [0, 0.1) is 12.7 Å². The van der Waals surface area contributed by atoms with E-state index < -0.39 is 11.8 Å². The topological polar surface area (TPSA) is 50.4 Å². The predicted octanol–water partition coefficient (Wildman–Crippen LogP) is 3.72. The molecule has 4 nitrogen and oxygen atoms in total. The summed E-state index contributed by atoms with van der Waals surface area (Å²) in [6.45, 7) is 2.94. The van der Waals surface area contributed by atoms with Crippen molar-refractivity contribution in [3.63, 3.8) is 0 Å². The molecule has 0 fully saturated rings. The number of benzene rings is 2. The number of amides is 2. The molecule has 0 saturated heterocycles. The van der Waals surface area contributed by atoms with Gasteiger partial charge in [-0.25, -0.2) is 9.18 Å². The van der Waals surface area contributed by atoms with E-state index in [9.17, 15) is 9.18 Å². The average molecular weight is 302 g/mol. The van der Waals surface area contributed by atoms with Gasteiger partial charge in [0.25, 0.3) is 0 Å². The standard InChI is InChI=1S/C17H19FN2O2/c1-13-7-2-5-10-16(13)22-12-6-11-19-17(21)20-15-9-4-3-8-14(15)18/h2-5,7-10H,6,11-12H2,1H3,(H2,19,20,21). The van der Waals surface area contributed by atoms with Crippen molar-refractivity contribution in [3.8, 4) is 5.75 Å². The molecular formula is C17H19FN2O2. The number of halogens is 1. The Morgan fingerprint density at radius 2 is 1.86 bits per heavy atom. The van der Waals surface area contributed by atoms with Crippen LogP contribution in [0.4, 0.5) is 14.9 Å². The molecule has 0 bridgehead atoms. The molecule has 0 unspecified atom stereocenters. The van der Waals surface area contributed by atoms with E-state index in [-0.39, 0.29) is 5.69 Å². The van der Waals surface area contributed by atoms with Crippen molar-refractivity contribution in [1.29, 1.82) is 0 Å². The SMILES string of the molecule is Cc1ccccc1OCCCNC(=O)Nc1ccccc1F. The van der Waals surface area contributed by atoms with Crippen molar-refractivity contribution in [1.82, 2.24) is 5.32 Å². The van der Waals surface area contributed by atoms with E-state index >= 15 is 0 Å². The summed E-state index contributed by atoms with van der Waals surface area (Å²) in [4.78, 5) is 11.6. The highest BCUT2D eigenvalue weighted by atomic mass is 19.1. The number of carbonyl (C=O) groups excluding carboxylic acids is 1. The zero-order valence-electron chi connectivity index (χ0n) is 12.4. The Bertz CT molecular complexity index is 632. The van der Waals surface area contributed by atoms with Crippen molar-refractivity contribution >= 4 is 11.7 Å². The second-order valence-electron chi connectivity index (χ2n) is 4.83. The monoisotopic (exact) mass is 302 g/mol. The van der Waals surface area contributed by atoms with Crippen molar-refractivity contribution in [2.24, 2.45) is 0 Å². The molecule has 0 spiro atoms. The number of nitrogens with one attached hydrogen (secondary N) is 2. The van der Waals surface area contributed by atoms with Crippen LogP contribution < -0.4 is 15.4 Å². The first kappa shape index (κ1) is 15.8. The zero-order valence-corrected chi connectivity index (χ0v) is 12.4. The summed E-state index contributed by atoms with van der Waals surface area (Å²) in [5.74, 6) is 0.388. The highest BCUT2D eigenvalue weighted by Crippen LogP contribution is 2.16. The van der Waals surface area contributed by atoms with Gasteiger partial charge in [0.05, 0.1) is 12.3 Å². The summed E-state index contributed by atoms with van der Waals surface area (Å²) in [6, 6.07) is 13.4. The number of carbonyl (C=O) groups is 1. The largest absolute Gasteiger partial charge is 0.493 e. The van der Waals surface area contributed by atoms with Gasteiger partial charge in [0.15, 0.2) is 0 Å². The van der Waals surface area contributed by atoms with E-state index in [0.29, 0.717) is 19.6 Å². The van der Waals surface area contributed by atoms with Crippen LogP contribution >= 0.6 is 0 Å². The molecule has 2 aromatic rings. The zero-order chi connectivity index (χ0) is 15.8. The van der Waals surface area contributed by atoms with Crippen LogP contribution in [0.5, 0.6) is 5.75 Å². The van der Waals surface area contributed by atoms with Crippen molar-refractivity contribution in [3.05, 3.63) is 59.9 Å². The molecular weight excluding hydrogens is 283 g/mol. The summed E-state index contributed by atoms with van der Waals surface area (Å²) in [6.07, 6.45) is 0.666. The molecule has 0 radical (unpaired) electrons. The number of hydrogen-bond donors (Lipinski definition) is 2. The smallest absolute Gasteiger partial charge is 0.319 e. The van der Waals surface area contributed by atoms with Gasteiger partial charge in [-0.15, -0.1) is 0 Å². The van der Waals surface area contributed by atoms with Crippen LogP contribution in [0.25, 0.3) is 0 Å². The first-order valence-corrected chi connectivity index (χ1v) is 7.14.